The van der Waals surface area contributed by atoms with Gasteiger partial charge in [-0.05, 0) is 12.1 Å². The van der Waals surface area contributed by atoms with E-state index in [4.69, 9.17) is 55.9 Å². The highest BCUT2D eigenvalue weighted by Crippen LogP contribution is 2.44. The Bertz CT molecular complexity index is 1030. The summed E-state index contributed by atoms with van der Waals surface area (Å²) in [6.45, 7) is -0.461. The SMILES string of the molecule is O=C(CN1C(=O)c2c(Cl)c(Cl)c(Cl)c(Cl)c2C1=O)Nc1ccc2c(c1)OCO2. The van der Waals surface area contributed by atoms with Gasteiger partial charge in [-0.25, -0.2) is 0 Å². The van der Waals surface area contributed by atoms with E-state index < -0.39 is 24.3 Å². The van der Waals surface area contributed by atoms with Gasteiger partial charge in [-0.3, -0.25) is 19.3 Å². The van der Waals surface area contributed by atoms with Crippen LogP contribution in [0.4, 0.5) is 5.69 Å². The topological polar surface area (TPSA) is 84.9 Å². The number of nitrogens with one attached hydrogen (secondary N) is 1. The van der Waals surface area contributed by atoms with Gasteiger partial charge in [0.25, 0.3) is 11.8 Å². The van der Waals surface area contributed by atoms with E-state index in [0.717, 1.165) is 4.90 Å². The zero-order valence-corrected chi connectivity index (χ0v) is 16.7. The molecule has 0 fully saturated rings. The summed E-state index contributed by atoms with van der Waals surface area (Å²) in [5.74, 6) is -1.16. The van der Waals surface area contributed by atoms with Crippen LogP contribution in [0.5, 0.6) is 11.5 Å². The molecule has 2 aliphatic rings. The third kappa shape index (κ3) is 2.95. The van der Waals surface area contributed by atoms with Gasteiger partial charge in [0, 0.05) is 11.8 Å². The minimum Gasteiger partial charge on any atom is -0.454 e. The molecule has 2 aromatic rings. The van der Waals surface area contributed by atoms with Crippen LogP contribution < -0.4 is 14.8 Å². The lowest BCUT2D eigenvalue weighted by Crippen LogP contribution is -2.37. The van der Waals surface area contributed by atoms with E-state index in [9.17, 15) is 14.4 Å². The van der Waals surface area contributed by atoms with Crippen molar-refractivity contribution in [2.45, 2.75) is 0 Å². The first-order valence-electron chi connectivity index (χ1n) is 7.71. The molecule has 4 rings (SSSR count). The molecule has 0 aromatic heterocycles. The summed E-state index contributed by atoms with van der Waals surface area (Å²) in [6, 6.07) is 4.79. The predicted octanol–water partition coefficient (Wildman–Crippen LogP) is 4.26. The Kier molecular flexibility index (Phi) is 4.79. The number of nitrogens with zero attached hydrogens (tertiary/aromatic N) is 1. The van der Waals surface area contributed by atoms with Crippen LogP contribution in [0.3, 0.4) is 0 Å². The number of hydrogen-bond acceptors (Lipinski definition) is 5. The summed E-state index contributed by atoms with van der Waals surface area (Å²) in [6.07, 6.45) is 0. The number of anilines is 1. The molecule has 0 radical (unpaired) electrons. The maximum absolute atomic E-state index is 12.6. The van der Waals surface area contributed by atoms with E-state index in [1.54, 1.807) is 18.2 Å². The third-order valence-corrected chi connectivity index (χ3v) is 5.95. The summed E-state index contributed by atoms with van der Waals surface area (Å²) in [5, 5.41) is 1.92. The molecule has 11 heteroatoms. The Morgan fingerprint density at radius 2 is 1.50 bits per heavy atom. The summed E-state index contributed by atoms with van der Waals surface area (Å²) < 4.78 is 10.4. The zero-order chi connectivity index (χ0) is 20.2. The predicted molar refractivity (Wildman–Crippen MR) is 103 cm³/mol. The summed E-state index contributed by atoms with van der Waals surface area (Å²) >= 11 is 24.0. The fourth-order valence-electron chi connectivity index (χ4n) is 2.86. The molecular weight excluding hydrogens is 454 g/mol. The molecular formula is C17H8Cl4N2O5. The van der Waals surface area contributed by atoms with Gasteiger partial charge in [0.15, 0.2) is 11.5 Å². The number of rotatable bonds is 3. The van der Waals surface area contributed by atoms with Gasteiger partial charge in [-0.1, -0.05) is 46.4 Å². The lowest BCUT2D eigenvalue weighted by atomic mass is 10.1. The van der Waals surface area contributed by atoms with E-state index in [1.807, 2.05) is 0 Å². The van der Waals surface area contributed by atoms with Gasteiger partial charge in [0.2, 0.25) is 12.7 Å². The zero-order valence-electron chi connectivity index (χ0n) is 13.6. The standard InChI is InChI=1S/C17H8Cl4N2O5/c18-12-10-11(13(19)15(21)14(12)20)17(26)23(16(10)25)4-9(24)22-6-1-2-7-8(3-6)28-5-27-7/h1-3H,4-5H2,(H,22,24). The molecule has 7 nitrogen and oxygen atoms in total. The number of hydrogen-bond donors (Lipinski definition) is 1. The van der Waals surface area contributed by atoms with Crippen LogP contribution in [-0.4, -0.2) is 36.0 Å². The van der Waals surface area contributed by atoms with Gasteiger partial charge in [0.05, 0.1) is 31.2 Å². The number of carbonyl (C=O) groups is 3. The molecule has 28 heavy (non-hydrogen) atoms. The van der Waals surface area contributed by atoms with E-state index >= 15 is 0 Å². The average Bonchev–Trinajstić information content (AvgIpc) is 3.22. The van der Waals surface area contributed by atoms with Crippen LogP contribution in [-0.2, 0) is 4.79 Å². The second-order valence-corrected chi connectivity index (χ2v) is 7.33. The van der Waals surface area contributed by atoms with Crippen LogP contribution in [0.25, 0.3) is 0 Å². The lowest BCUT2D eigenvalue weighted by Gasteiger charge is -2.14. The minimum absolute atomic E-state index is 0.0917. The van der Waals surface area contributed by atoms with Gasteiger partial charge in [-0.2, -0.15) is 0 Å². The minimum atomic E-state index is -0.786. The van der Waals surface area contributed by atoms with E-state index in [1.165, 1.54) is 0 Å². The number of halogens is 4. The largest absolute Gasteiger partial charge is 0.454 e. The maximum Gasteiger partial charge on any atom is 0.263 e. The molecule has 3 amide bonds. The van der Waals surface area contributed by atoms with Crippen molar-refractivity contribution >= 4 is 69.8 Å². The second-order valence-electron chi connectivity index (χ2n) is 5.82. The van der Waals surface area contributed by atoms with Crippen molar-refractivity contribution in [1.82, 2.24) is 4.90 Å². The quantitative estimate of drug-likeness (QED) is 0.419. The van der Waals surface area contributed by atoms with Crippen LogP contribution in [0.2, 0.25) is 20.1 Å². The Morgan fingerprint density at radius 1 is 0.929 bits per heavy atom. The van der Waals surface area contributed by atoms with Gasteiger partial charge < -0.3 is 14.8 Å². The Labute approximate surface area is 178 Å². The van der Waals surface area contributed by atoms with Gasteiger partial charge >= 0.3 is 0 Å². The number of fused-ring (bicyclic) bond motifs is 2. The van der Waals surface area contributed by atoms with Crippen molar-refractivity contribution in [2.75, 3.05) is 18.7 Å². The van der Waals surface area contributed by atoms with Crippen molar-refractivity contribution in [3.8, 4) is 11.5 Å². The molecule has 0 spiro atoms. The third-order valence-electron chi connectivity index (χ3n) is 4.14. The van der Waals surface area contributed by atoms with Gasteiger partial charge in [-0.15, -0.1) is 0 Å². The van der Waals surface area contributed by atoms with Crippen LogP contribution in [0.15, 0.2) is 18.2 Å². The number of imide groups is 1. The maximum atomic E-state index is 12.6. The first-order chi connectivity index (χ1) is 13.3. The molecule has 0 saturated carbocycles. The molecule has 0 saturated heterocycles. The molecule has 2 heterocycles. The van der Waals surface area contributed by atoms with Crippen LogP contribution in [0.1, 0.15) is 20.7 Å². The fraction of sp³-hybridized carbons (Fsp3) is 0.118. The highest BCUT2D eigenvalue weighted by molar-refractivity contribution is 6.55. The monoisotopic (exact) mass is 460 g/mol. The molecule has 1 N–H and O–H groups in total. The molecule has 0 aliphatic carbocycles. The fourth-order valence-corrected chi connectivity index (χ4v) is 3.87. The molecule has 0 bridgehead atoms. The van der Waals surface area contributed by atoms with E-state index in [2.05, 4.69) is 5.32 Å². The Morgan fingerprint density at radius 3 is 2.11 bits per heavy atom. The van der Waals surface area contributed by atoms with Crippen molar-refractivity contribution in [1.29, 1.82) is 0 Å². The Balaban J connectivity index is 1.56. The smallest absolute Gasteiger partial charge is 0.263 e. The molecule has 0 atom stereocenters. The van der Waals surface area contributed by atoms with Crippen molar-refractivity contribution in [2.24, 2.45) is 0 Å². The summed E-state index contributed by atoms with van der Waals surface area (Å²) in [7, 11) is 0. The summed E-state index contributed by atoms with van der Waals surface area (Å²) in [4.78, 5) is 38.3. The highest BCUT2D eigenvalue weighted by atomic mass is 35.5. The van der Waals surface area contributed by atoms with Crippen LogP contribution in [0, 0.1) is 0 Å². The molecule has 2 aromatic carbocycles. The summed E-state index contributed by atoms with van der Waals surface area (Å²) in [5.41, 5.74) is 0.0527. The van der Waals surface area contributed by atoms with Gasteiger partial charge in [0.1, 0.15) is 6.54 Å². The average molecular weight is 462 g/mol. The molecule has 0 unspecified atom stereocenters. The lowest BCUT2D eigenvalue weighted by molar-refractivity contribution is -0.116. The molecule has 144 valence electrons. The van der Waals surface area contributed by atoms with Crippen molar-refractivity contribution < 1.29 is 23.9 Å². The van der Waals surface area contributed by atoms with Crippen molar-refractivity contribution in [3.63, 3.8) is 0 Å². The molecule has 2 aliphatic heterocycles. The first-order valence-corrected chi connectivity index (χ1v) is 9.22. The first kappa shape index (κ1) is 19.1. The van der Waals surface area contributed by atoms with E-state index in [-0.39, 0.29) is 38.0 Å². The number of carbonyl (C=O) groups excluding carboxylic acids is 3. The van der Waals surface area contributed by atoms with Crippen LogP contribution >= 0.6 is 46.4 Å². The number of amides is 3. The second kappa shape index (κ2) is 7.00. The number of ether oxygens (including phenoxy) is 2. The van der Waals surface area contributed by atoms with Crippen molar-refractivity contribution in [3.05, 3.63) is 49.4 Å². The van der Waals surface area contributed by atoms with E-state index in [0.29, 0.717) is 17.2 Å². The highest BCUT2D eigenvalue weighted by Gasteiger charge is 2.42. The normalized spacial score (nSPS) is 14.5. The number of benzene rings is 2. The Hall–Kier alpha value is -2.19.